The van der Waals surface area contributed by atoms with Crippen LogP contribution in [-0.4, -0.2) is 38.0 Å². The molecule has 1 unspecified atom stereocenters. The van der Waals surface area contributed by atoms with Gasteiger partial charge in [-0.1, -0.05) is 34.6 Å². The molecule has 0 aliphatic heterocycles. The highest BCUT2D eigenvalue weighted by Gasteiger charge is 2.20. The summed E-state index contributed by atoms with van der Waals surface area (Å²) in [6, 6.07) is 0.357. The molecular formula is C14H31IN4O. The molecule has 120 valence electrons. The van der Waals surface area contributed by atoms with Crippen molar-refractivity contribution in [1.82, 2.24) is 16.0 Å². The van der Waals surface area contributed by atoms with Crippen LogP contribution in [0.5, 0.6) is 0 Å². The maximum absolute atomic E-state index is 11.7. The Balaban J connectivity index is 0. The van der Waals surface area contributed by atoms with E-state index in [1.54, 1.807) is 7.05 Å². The van der Waals surface area contributed by atoms with Gasteiger partial charge in [0.05, 0.1) is 0 Å². The van der Waals surface area contributed by atoms with Gasteiger partial charge in [0.1, 0.15) is 0 Å². The predicted octanol–water partition coefficient (Wildman–Crippen LogP) is 1.98. The molecule has 1 atom stereocenters. The molecule has 0 aliphatic carbocycles. The molecule has 20 heavy (non-hydrogen) atoms. The van der Waals surface area contributed by atoms with Crippen LogP contribution in [0.15, 0.2) is 4.99 Å². The molecule has 5 nitrogen and oxygen atoms in total. The van der Waals surface area contributed by atoms with Crippen molar-refractivity contribution in [2.24, 2.45) is 16.3 Å². The van der Waals surface area contributed by atoms with E-state index in [9.17, 15) is 4.79 Å². The minimum absolute atomic E-state index is 0. The number of carbonyl (C=O) groups is 1. The van der Waals surface area contributed by atoms with Gasteiger partial charge in [-0.05, 0) is 12.8 Å². The maximum Gasteiger partial charge on any atom is 0.225 e. The molecule has 0 aromatic rings. The van der Waals surface area contributed by atoms with Crippen LogP contribution >= 0.6 is 24.0 Å². The van der Waals surface area contributed by atoms with Gasteiger partial charge < -0.3 is 16.0 Å². The summed E-state index contributed by atoms with van der Waals surface area (Å²) in [7, 11) is 1.75. The van der Waals surface area contributed by atoms with Crippen molar-refractivity contribution >= 4 is 35.8 Å². The summed E-state index contributed by atoms with van der Waals surface area (Å²) in [5.41, 5.74) is -0.341. The predicted molar refractivity (Wildman–Crippen MR) is 96.7 cm³/mol. The molecule has 0 fully saturated rings. The van der Waals surface area contributed by atoms with E-state index in [-0.39, 0.29) is 35.3 Å². The number of aliphatic imine (C=N–C) groups is 1. The van der Waals surface area contributed by atoms with Crippen LogP contribution in [0.25, 0.3) is 0 Å². The summed E-state index contributed by atoms with van der Waals surface area (Å²) in [4.78, 5) is 15.8. The maximum atomic E-state index is 11.7. The summed E-state index contributed by atoms with van der Waals surface area (Å²) < 4.78 is 0. The van der Waals surface area contributed by atoms with E-state index < -0.39 is 0 Å². The summed E-state index contributed by atoms with van der Waals surface area (Å²) in [6.45, 7) is 13.4. The van der Waals surface area contributed by atoms with Gasteiger partial charge >= 0.3 is 0 Å². The third kappa shape index (κ3) is 9.39. The average molecular weight is 398 g/mol. The van der Waals surface area contributed by atoms with E-state index in [2.05, 4.69) is 41.7 Å². The van der Waals surface area contributed by atoms with Gasteiger partial charge in [0.2, 0.25) is 5.91 Å². The second-order valence-corrected chi connectivity index (χ2v) is 6.18. The molecule has 0 spiro atoms. The first kappa shape index (κ1) is 21.8. The Morgan fingerprint density at radius 1 is 1.10 bits per heavy atom. The van der Waals surface area contributed by atoms with Crippen molar-refractivity contribution in [2.75, 3.05) is 20.1 Å². The summed E-state index contributed by atoms with van der Waals surface area (Å²) >= 11 is 0. The molecule has 0 bridgehead atoms. The molecule has 0 radical (unpaired) electrons. The molecule has 0 saturated heterocycles. The lowest BCUT2D eigenvalue weighted by Gasteiger charge is -2.21. The van der Waals surface area contributed by atoms with Crippen LogP contribution in [0.3, 0.4) is 0 Å². The first-order valence-electron chi connectivity index (χ1n) is 6.94. The molecule has 0 rings (SSSR count). The molecule has 0 saturated carbocycles. The first-order chi connectivity index (χ1) is 8.68. The van der Waals surface area contributed by atoms with Crippen LogP contribution in [0, 0.1) is 11.3 Å². The van der Waals surface area contributed by atoms with E-state index in [1.165, 1.54) is 0 Å². The largest absolute Gasteiger partial charge is 0.355 e. The van der Waals surface area contributed by atoms with Crippen molar-refractivity contribution in [3.8, 4) is 0 Å². The fourth-order valence-electron chi connectivity index (χ4n) is 1.20. The number of hydrogen-bond donors (Lipinski definition) is 3. The molecule has 1 amide bonds. The zero-order valence-corrected chi connectivity index (χ0v) is 16.2. The second-order valence-electron chi connectivity index (χ2n) is 6.18. The SMILES string of the molecule is CN=C(NCCNC(=O)C(C)(C)C)NC(C)C(C)C.I. The molecule has 3 N–H and O–H groups in total. The smallest absolute Gasteiger partial charge is 0.225 e. The second kappa shape index (κ2) is 10.2. The lowest BCUT2D eigenvalue weighted by Crippen LogP contribution is -2.47. The molecule has 0 aromatic carbocycles. The van der Waals surface area contributed by atoms with Gasteiger partial charge in [-0.2, -0.15) is 0 Å². The molecule has 0 aromatic heterocycles. The highest BCUT2D eigenvalue weighted by molar-refractivity contribution is 14.0. The monoisotopic (exact) mass is 398 g/mol. The van der Waals surface area contributed by atoms with Gasteiger partial charge in [-0.25, -0.2) is 0 Å². The Bertz CT molecular complexity index is 311. The zero-order valence-electron chi connectivity index (χ0n) is 13.8. The van der Waals surface area contributed by atoms with Gasteiger partial charge in [0.15, 0.2) is 5.96 Å². The van der Waals surface area contributed by atoms with E-state index >= 15 is 0 Å². The van der Waals surface area contributed by atoms with Crippen LogP contribution in [0.4, 0.5) is 0 Å². The fourth-order valence-corrected chi connectivity index (χ4v) is 1.20. The van der Waals surface area contributed by atoms with E-state index in [0.717, 1.165) is 5.96 Å². The Morgan fingerprint density at radius 3 is 2.00 bits per heavy atom. The average Bonchev–Trinajstić information content (AvgIpc) is 2.30. The molecular weight excluding hydrogens is 367 g/mol. The van der Waals surface area contributed by atoms with Gasteiger partial charge in [-0.15, -0.1) is 24.0 Å². The zero-order chi connectivity index (χ0) is 15.1. The Hall–Kier alpha value is -0.530. The quantitative estimate of drug-likeness (QED) is 0.287. The summed E-state index contributed by atoms with van der Waals surface area (Å²) in [6.07, 6.45) is 0. The lowest BCUT2D eigenvalue weighted by molar-refractivity contribution is -0.128. The fraction of sp³-hybridized carbons (Fsp3) is 0.857. The van der Waals surface area contributed by atoms with Gasteiger partial charge in [-0.3, -0.25) is 9.79 Å². The molecule has 6 heteroatoms. The lowest BCUT2D eigenvalue weighted by atomic mass is 9.96. The first-order valence-corrected chi connectivity index (χ1v) is 6.94. The Labute approximate surface area is 140 Å². The van der Waals surface area contributed by atoms with Gasteiger partial charge in [0.25, 0.3) is 0 Å². The number of carbonyl (C=O) groups excluding carboxylic acids is 1. The highest BCUT2D eigenvalue weighted by Crippen LogP contribution is 2.11. The van der Waals surface area contributed by atoms with Crippen LogP contribution in [0.1, 0.15) is 41.5 Å². The van der Waals surface area contributed by atoms with E-state index in [1.807, 2.05) is 20.8 Å². The molecule has 0 aliphatic rings. The van der Waals surface area contributed by atoms with Crippen molar-refractivity contribution in [2.45, 2.75) is 47.6 Å². The number of rotatable bonds is 5. The normalized spacial score (nSPS) is 13.5. The Morgan fingerprint density at radius 2 is 1.60 bits per heavy atom. The number of hydrogen-bond acceptors (Lipinski definition) is 2. The number of amides is 1. The number of halogens is 1. The highest BCUT2D eigenvalue weighted by atomic mass is 127. The summed E-state index contributed by atoms with van der Waals surface area (Å²) in [5, 5.41) is 9.39. The third-order valence-corrected chi connectivity index (χ3v) is 2.97. The topological polar surface area (TPSA) is 65.5 Å². The number of guanidine groups is 1. The van der Waals surface area contributed by atoms with Crippen molar-refractivity contribution < 1.29 is 4.79 Å². The van der Waals surface area contributed by atoms with Crippen LogP contribution in [-0.2, 0) is 4.79 Å². The summed E-state index contributed by atoms with van der Waals surface area (Å²) in [5.74, 6) is 1.37. The van der Waals surface area contributed by atoms with E-state index in [4.69, 9.17) is 0 Å². The van der Waals surface area contributed by atoms with Crippen LogP contribution < -0.4 is 16.0 Å². The van der Waals surface area contributed by atoms with E-state index in [0.29, 0.717) is 25.0 Å². The third-order valence-electron chi connectivity index (χ3n) is 2.97. The number of nitrogens with zero attached hydrogens (tertiary/aromatic N) is 1. The van der Waals surface area contributed by atoms with Crippen molar-refractivity contribution in [3.05, 3.63) is 0 Å². The number of nitrogens with one attached hydrogen (secondary N) is 3. The molecule has 0 heterocycles. The van der Waals surface area contributed by atoms with Crippen molar-refractivity contribution in [3.63, 3.8) is 0 Å². The van der Waals surface area contributed by atoms with Crippen LogP contribution in [0.2, 0.25) is 0 Å². The van der Waals surface area contributed by atoms with Gasteiger partial charge in [0, 0.05) is 31.6 Å². The van der Waals surface area contributed by atoms with Crippen molar-refractivity contribution in [1.29, 1.82) is 0 Å². The standard InChI is InChI=1S/C14H30N4O.HI/c1-10(2)11(3)18-13(15-7)17-9-8-16-12(19)14(4,5)6;/h10-11H,8-9H2,1-7H3,(H,16,19)(H2,15,17,18);1H. The Kier molecular flexibility index (Phi) is 11.1. The minimum Gasteiger partial charge on any atom is -0.355 e. The minimum atomic E-state index is -0.341.